The van der Waals surface area contributed by atoms with Gasteiger partial charge in [0.05, 0.1) is 33.0 Å². The quantitative estimate of drug-likeness (QED) is 0.245. The van der Waals surface area contributed by atoms with Gasteiger partial charge in [-0.05, 0) is 49.4 Å². The van der Waals surface area contributed by atoms with Gasteiger partial charge in [0.1, 0.15) is 16.5 Å². The molecule has 3 amide bonds. The van der Waals surface area contributed by atoms with Gasteiger partial charge in [-0.25, -0.2) is 4.90 Å². The van der Waals surface area contributed by atoms with E-state index in [2.05, 4.69) is 10.6 Å². The first-order valence-corrected chi connectivity index (χ1v) is 12.1. The number of hydrogen-bond donors (Lipinski definition) is 2. The van der Waals surface area contributed by atoms with Crippen molar-refractivity contribution in [1.82, 2.24) is 0 Å². The fourth-order valence-electron chi connectivity index (χ4n) is 3.44. The van der Waals surface area contributed by atoms with Crippen LogP contribution in [0.4, 0.5) is 17.1 Å². The maximum Gasteiger partial charge on any atom is 0.283 e. The molecular formula is C25H17Cl4N3O4. The molecule has 0 spiro atoms. The minimum absolute atomic E-state index is 0.0390. The summed E-state index contributed by atoms with van der Waals surface area (Å²) in [5.74, 6) is -1.39. The lowest BCUT2D eigenvalue weighted by Crippen LogP contribution is -2.32. The molecule has 0 saturated heterocycles. The zero-order valence-corrected chi connectivity index (χ0v) is 21.6. The summed E-state index contributed by atoms with van der Waals surface area (Å²) in [5.41, 5.74) is 1.03. The second-order valence-corrected chi connectivity index (χ2v) is 9.04. The van der Waals surface area contributed by atoms with Crippen molar-refractivity contribution in [3.63, 3.8) is 0 Å². The second-order valence-electron chi connectivity index (χ2n) is 7.44. The Labute approximate surface area is 226 Å². The van der Waals surface area contributed by atoms with Gasteiger partial charge >= 0.3 is 0 Å². The average molecular weight is 565 g/mol. The molecule has 0 aliphatic carbocycles. The van der Waals surface area contributed by atoms with Crippen molar-refractivity contribution in [3.8, 4) is 5.75 Å². The van der Waals surface area contributed by atoms with Gasteiger partial charge in [0.15, 0.2) is 0 Å². The first kappa shape index (κ1) is 25.9. The molecule has 0 aromatic heterocycles. The largest absolute Gasteiger partial charge is 0.492 e. The Hall–Kier alpha value is -3.23. The molecule has 0 fully saturated rings. The van der Waals surface area contributed by atoms with Crippen LogP contribution in [-0.4, -0.2) is 24.3 Å². The van der Waals surface area contributed by atoms with Crippen LogP contribution in [0.5, 0.6) is 5.75 Å². The first-order valence-electron chi connectivity index (χ1n) is 10.5. The third-order valence-electron chi connectivity index (χ3n) is 5.09. The Bertz CT molecular complexity index is 1420. The Balaban J connectivity index is 1.56. The third kappa shape index (κ3) is 5.15. The fraction of sp³-hybridized carbons (Fsp3) is 0.0800. The van der Waals surface area contributed by atoms with Crippen LogP contribution >= 0.6 is 46.4 Å². The lowest BCUT2D eigenvalue weighted by molar-refractivity contribution is -0.120. The normalized spacial score (nSPS) is 13.3. The number of imide groups is 1. The molecule has 7 nitrogen and oxygen atoms in total. The summed E-state index contributed by atoms with van der Waals surface area (Å²) in [5, 5.41) is 5.62. The predicted octanol–water partition coefficient (Wildman–Crippen LogP) is 6.73. The molecule has 0 atom stereocenters. The number of nitrogens with one attached hydrogen (secondary N) is 2. The summed E-state index contributed by atoms with van der Waals surface area (Å²) >= 11 is 24.4. The van der Waals surface area contributed by atoms with Gasteiger partial charge in [-0.2, -0.15) is 0 Å². The number of para-hydroxylation sites is 2. The number of ether oxygens (including phenoxy) is 1. The van der Waals surface area contributed by atoms with E-state index in [1.54, 1.807) is 42.5 Å². The standard InChI is InChI=1S/C25H17Cl4N3O4/c1-2-36-20-9-4-3-8-18(20)31-23(33)13-6-5-7-14(10-13)30-22-21(29)24(34)32(25(22)35)19-12-16(27)15(26)11-17(19)28/h3-12,30H,2H2,1H3,(H,31,33). The number of amides is 3. The van der Waals surface area contributed by atoms with Gasteiger partial charge in [0, 0.05) is 11.3 Å². The number of benzene rings is 3. The molecule has 36 heavy (non-hydrogen) atoms. The molecular weight excluding hydrogens is 548 g/mol. The summed E-state index contributed by atoms with van der Waals surface area (Å²) in [6.45, 7) is 2.29. The molecule has 184 valence electrons. The molecule has 3 aromatic carbocycles. The molecule has 1 aliphatic rings. The number of carbonyl (C=O) groups excluding carboxylic acids is 3. The second kappa shape index (κ2) is 10.8. The van der Waals surface area contributed by atoms with Crippen LogP contribution in [0, 0.1) is 0 Å². The van der Waals surface area contributed by atoms with E-state index in [0.29, 0.717) is 29.3 Å². The smallest absolute Gasteiger partial charge is 0.283 e. The van der Waals surface area contributed by atoms with Crippen LogP contribution < -0.4 is 20.3 Å². The van der Waals surface area contributed by atoms with E-state index in [0.717, 1.165) is 4.90 Å². The average Bonchev–Trinajstić information content (AvgIpc) is 3.06. The van der Waals surface area contributed by atoms with Crippen molar-refractivity contribution in [2.45, 2.75) is 6.92 Å². The Morgan fingerprint density at radius 1 is 0.889 bits per heavy atom. The molecule has 2 N–H and O–H groups in total. The minimum atomic E-state index is -0.786. The number of anilines is 3. The van der Waals surface area contributed by atoms with E-state index >= 15 is 0 Å². The molecule has 0 saturated carbocycles. The highest BCUT2D eigenvalue weighted by Gasteiger charge is 2.40. The van der Waals surface area contributed by atoms with E-state index in [9.17, 15) is 14.4 Å². The van der Waals surface area contributed by atoms with Crippen LogP contribution in [0.1, 0.15) is 17.3 Å². The Kier molecular flexibility index (Phi) is 7.76. The van der Waals surface area contributed by atoms with Gasteiger partial charge < -0.3 is 15.4 Å². The van der Waals surface area contributed by atoms with Gasteiger partial charge in [-0.15, -0.1) is 0 Å². The van der Waals surface area contributed by atoms with Gasteiger partial charge in [-0.1, -0.05) is 64.6 Å². The summed E-state index contributed by atoms with van der Waals surface area (Å²) < 4.78 is 5.54. The van der Waals surface area contributed by atoms with Crippen LogP contribution in [0.2, 0.25) is 15.1 Å². The number of nitrogens with zero attached hydrogens (tertiary/aromatic N) is 1. The highest BCUT2D eigenvalue weighted by atomic mass is 35.5. The van der Waals surface area contributed by atoms with E-state index in [1.165, 1.54) is 18.2 Å². The number of halogens is 4. The SMILES string of the molecule is CCOc1ccccc1NC(=O)c1cccc(NC2=C(Cl)C(=O)N(c3cc(Cl)c(Cl)cc3Cl)C2=O)c1. The third-order valence-corrected chi connectivity index (χ3v) is 6.46. The molecule has 3 aromatic rings. The minimum Gasteiger partial charge on any atom is -0.492 e. The Morgan fingerprint density at radius 2 is 1.61 bits per heavy atom. The molecule has 0 radical (unpaired) electrons. The van der Waals surface area contributed by atoms with Crippen LogP contribution in [0.25, 0.3) is 0 Å². The van der Waals surface area contributed by atoms with Gasteiger partial charge in [-0.3, -0.25) is 14.4 Å². The van der Waals surface area contributed by atoms with Crippen LogP contribution in [0.3, 0.4) is 0 Å². The first-order chi connectivity index (χ1) is 17.2. The maximum atomic E-state index is 13.1. The summed E-state index contributed by atoms with van der Waals surface area (Å²) in [7, 11) is 0. The van der Waals surface area contributed by atoms with Crippen molar-refractivity contribution in [1.29, 1.82) is 0 Å². The molecule has 0 bridgehead atoms. The van der Waals surface area contributed by atoms with Crippen molar-refractivity contribution in [2.24, 2.45) is 0 Å². The topological polar surface area (TPSA) is 87.7 Å². The van der Waals surface area contributed by atoms with Crippen LogP contribution in [-0.2, 0) is 9.59 Å². The van der Waals surface area contributed by atoms with Crippen molar-refractivity contribution in [3.05, 3.63) is 92.0 Å². The van der Waals surface area contributed by atoms with Gasteiger partial charge in [0.25, 0.3) is 17.7 Å². The molecule has 0 unspecified atom stereocenters. The van der Waals surface area contributed by atoms with E-state index in [4.69, 9.17) is 51.1 Å². The zero-order chi connectivity index (χ0) is 26.0. The molecule has 11 heteroatoms. The molecule has 1 heterocycles. The Morgan fingerprint density at radius 3 is 2.36 bits per heavy atom. The predicted molar refractivity (Wildman–Crippen MR) is 142 cm³/mol. The zero-order valence-electron chi connectivity index (χ0n) is 18.6. The summed E-state index contributed by atoms with van der Waals surface area (Å²) in [6, 6.07) is 16.0. The number of hydrogen-bond acceptors (Lipinski definition) is 5. The van der Waals surface area contributed by atoms with E-state index in [-0.39, 0.29) is 31.5 Å². The lowest BCUT2D eigenvalue weighted by atomic mass is 10.1. The maximum absolute atomic E-state index is 13.1. The van der Waals surface area contributed by atoms with Crippen molar-refractivity contribution < 1.29 is 19.1 Å². The van der Waals surface area contributed by atoms with Crippen molar-refractivity contribution in [2.75, 3.05) is 22.1 Å². The van der Waals surface area contributed by atoms with E-state index < -0.39 is 17.7 Å². The van der Waals surface area contributed by atoms with E-state index in [1.807, 2.05) is 6.92 Å². The molecule has 4 rings (SSSR count). The lowest BCUT2D eigenvalue weighted by Gasteiger charge is -2.17. The van der Waals surface area contributed by atoms with Crippen molar-refractivity contribution >= 4 is 81.2 Å². The highest BCUT2D eigenvalue weighted by Crippen LogP contribution is 2.38. The van der Waals surface area contributed by atoms with Crippen LogP contribution in [0.15, 0.2) is 71.4 Å². The number of rotatable bonds is 7. The summed E-state index contributed by atoms with van der Waals surface area (Å²) in [6.07, 6.45) is 0. The van der Waals surface area contributed by atoms with Gasteiger partial charge in [0.2, 0.25) is 0 Å². The number of carbonyl (C=O) groups is 3. The monoisotopic (exact) mass is 563 g/mol. The molecule has 1 aliphatic heterocycles. The highest BCUT2D eigenvalue weighted by molar-refractivity contribution is 6.54. The fourth-order valence-corrected chi connectivity index (χ4v) is 4.28. The summed E-state index contributed by atoms with van der Waals surface area (Å²) in [4.78, 5) is 39.6.